The van der Waals surface area contributed by atoms with Crippen molar-refractivity contribution in [2.24, 2.45) is 0 Å². The Balaban J connectivity index is 2.32. The van der Waals surface area contributed by atoms with Crippen molar-refractivity contribution in [2.45, 2.75) is 19.4 Å². The van der Waals surface area contributed by atoms with Crippen LogP contribution in [-0.2, 0) is 10.8 Å². The standard InChI is InChI=1S/C15H18N2O3S/c1-10(7-8-21(2)20)16-14-12-6-4-3-5-11(12)9-13(17-14)15(18)19/h3-6,9-10H,7-8H2,1-2H3,(H,16,17)(H,18,19). The number of aromatic carboxylic acids is 1. The van der Waals surface area contributed by atoms with E-state index in [1.54, 1.807) is 12.3 Å². The average Bonchev–Trinajstić information content (AvgIpc) is 2.45. The van der Waals surface area contributed by atoms with Crippen molar-refractivity contribution in [3.8, 4) is 0 Å². The Bertz CT molecular complexity index is 688. The molecule has 2 rings (SSSR count). The highest BCUT2D eigenvalue weighted by molar-refractivity contribution is 7.84. The second kappa shape index (κ2) is 6.67. The summed E-state index contributed by atoms with van der Waals surface area (Å²) < 4.78 is 11.1. The highest BCUT2D eigenvalue weighted by Crippen LogP contribution is 2.23. The van der Waals surface area contributed by atoms with E-state index in [-0.39, 0.29) is 11.7 Å². The zero-order chi connectivity index (χ0) is 15.4. The van der Waals surface area contributed by atoms with Gasteiger partial charge in [0.05, 0.1) is 0 Å². The van der Waals surface area contributed by atoms with Crippen LogP contribution in [0.3, 0.4) is 0 Å². The molecule has 1 aromatic carbocycles. The molecule has 0 fully saturated rings. The van der Waals surface area contributed by atoms with E-state index in [1.807, 2.05) is 31.2 Å². The predicted molar refractivity (Wildman–Crippen MR) is 85.3 cm³/mol. The number of fused-ring (bicyclic) bond motifs is 1. The molecular formula is C15H18N2O3S. The van der Waals surface area contributed by atoms with Crippen LogP contribution in [0, 0.1) is 0 Å². The first kappa shape index (κ1) is 15.4. The Morgan fingerprint density at radius 2 is 2.14 bits per heavy atom. The molecule has 0 aliphatic carbocycles. The van der Waals surface area contributed by atoms with E-state index in [0.717, 1.165) is 17.2 Å². The van der Waals surface area contributed by atoms with Gasteiger partial charge in [0, 0.05) is 34.2 Å². The number of aromatic nitrogens is 1. The van der Waals surface area contributed by atoms with Crippen LogP contribution in [0.1, 0.15) is 23.8 Å². The fourth-order valence-corrected chi connectivity index (χ4v) is 2.75. The monoisotopic (exact) mass is 306 g/mol. The molecule has 2 aromatic rings. The Morgan fingerprint density at radius 1 is 1.43 bits per heavy atom. The molecule has 0 radical (unpaired) electrons. The number of rotatable bonds is 6. The molecule has 21 heavy (non-hydrogen) atoms. The lowest BCUT2D eigenvalue weighted by molar-refractivity contribution is 0.0691. The van der Waals surface area contributed by atoms with Crippen LogP contribution in [0.5, 0.6) is 0 Å². The Kier molecular flexibility index (Phi) is 4.90. The Labute approximate surface area is 125 Å². The number of benzene rings is 1. The van der Waals surface area contributed by atoms with Crippen LogP contribution in [0.25, 0.3) is 10.8 Å². The molecule has 6 heteroatoms. The molecule has 0 amide bonds. The van der Waals surface area contributed by atoms with Gasteiger partial charge in [-0.25, -0.2) is 9.78 Å². The highest BCUT2D eigenvalue weighted by atomic mass is 32.2. The largest absolute Gasteiger partial charge is 0.477 e. The van der Waals surface area contributed by atoms with E-state index in [1.165, 1.54) is 0 Å². The Morgan fingerprint density at radius 3 is 2.81 bits per heavy atom. The molecular weight excluding hydrogens is 288 g/mol. The van der Waals surface area contributed by atoms with Crippen LogP contribution in [0.4, 0.5) is 5.82 Å². The van der Waals surface area contributed by atoms with E-state index in [2.05, 4.69) is 10.3 Å². The van der Waals surface area contributed by atoms with Gasteiger partial charge in [0.1, 0.15) is 5.82 Å². The first-order chi connectivity index (χ1) is 9.97. The zero-order valence-corrected chi connectivity index (χ0v) is 12.8. The summed E-state index contributed by atoms with van der Waals surface area (Å²) >= 11 is 0. The molecule has 2 atom stereocenters. The second-order valence-corrected chi connectivity index (χ2v) is 6.55. The molecule has 2 unspecified atom stereocenters. The first-order valence-corrected chi connectivity index (χ1v) is 8.39. The van der Waals surface area contributed by atoms with Crippen LogP contribution < -0.4 is 5.32 Å². The number of hydrogen-bond acceptors (Lipinski definition) is 4. The quantitative estimate of drug-likeness (QED) is 0.857. The molecule has 0 saturated carbocycles. The molecule has 0 bridgehead atoms. The molecule has 1 aromatic heterocycles. The summed E-state index contributed by atoms with van der Waals surface area (Å²) in [7, 11) is -0.838. The van der Waals surface area contributed by atoms with E-state index in [9.17, 15) is 9.00 Å². The fraction of sp³-hybridized carbons (Fsp3) is 0.333. The number of carboxylic acids is 1. The fourth-order valence-electron chi connectivity index (χ4n) is 2.07. The minimum Gasteiger partial charge on any atom is -0.477 e. The van der Waals surface area contributed by atoms with Crippen molar-refractivity contribution >= 4 is 33.4 Å². The number of pyridine rings is 1. The zero-order valence-electron chi connectivity index (χ0n) is 12.0. The number of hydrogen-bond donors (Lipinski definition) is 2. The number of nitrogens with zero attached hydrogens (tertiary/aromatic N) is 1. The molecule has 112 valence electrons. The summed E-state index contributed by atoms with van der Waals surface area (Å²) in [6.07, 6.45) is 2.40. The minimum absolute atomic E-state index is 0.0162. The number of nitrogens with one attached hydrogen (secondary N) is 1. The second-order valence-electron chi connectivity index (χ2n) is 4.99. The maximum absolute atomic E-state index is 11.2. The third kappa shape index (κ3) is 4.01. The van der Waals surface area contributed by atoms with Crippen molar-refractivity contribution in [3.63, 3.8) is 0 Å². The summed E-state index contributed by atoms with van der Waals surface area (Å²) in [5.74, 6) is 0.107. The first-order valence-electron chi connectivity index (χ1n) is 6.67. The summed E-state index contributed by atoms with van der Waals surface area (Å²) in [4.78, 5) is 15.3. The Hall–Kier alpha value is -1.95. The molecule has 2 N–H and O–H groups in total. The van der Waals surface area contributed by atoms with Gasteiger partial charge < -0.3 is 10.4 Å². The van der Waals surface area contributed by atoms with Gasteiger partial charge in [-0.05, 0) is 24.8 Å². The third-order valence-electron chi connectivity index (χ3n) is 3.18. The molecule has 5 nitrogen and oxygen atoms in total. The minimum atomic E-state index is -1.05. The average molecular weight is 306 g/mol. The normalized spacial score (nSPS) is 13.8. The van der Waals surface area contributed by atoms with Gasteiger partial charge in [-0.15, -0.1) is 0 Å². The van der Waals surface area contributed by atoms with Crippen molar-refractivity contribution in [3.05, 3.63) is 36.0 Å². The molecule has 0 spiro atoms. The van der Waals surface area contributed by atoms with Crippen LogP contribution in [0.15, 0.2) is 30.3 Å². The van der Waals surface area contributed by atoms with Gasteiger partial charge in [0.2, 0.25) is 0 Å². The van der Waals surface area contributed by atoms with E-state index in [4.69, 9.17) is 5.11 Å². The van der Waals surface area contributed by atoms with Gasteiger partial charge in [-0.1, -0.05) is 24.3 Å². The van der Waals surface area contributed by atoms with Crippen molar-refractivity contribution in [1.29, 1.82) is 0 Å². The van der Waals surface area contributed by atoms with Gasteiger partial charge >= 0.3 is 5.97 Å². The number of carboxylic acid groups (broad SMARTS) is 1. The summed E-state index contributed by atoms with van der Waals surface area (Å²) in [6, 6.07) is 9.15. The van der Waals surface area contributed by atoms with Gasteiger partial charge in [-0.3, -0.25) is 4.21 Å². The SMILES string of the molecule is CC(CCS(C)=O)Nc1nc(C(=O)O)cc2ccccc12. The van der Waals surface area contributed by atoms with Crippen LogP contribution in [0.2, 0.25) is 0 Å². The van der Waals surface area contributed by atoms with Gasteiger partial charge in [0.15, 0.2) is 5.69 Å². The lowest BCUT2D eigenvalue weighted by atomic mass is 10.1. The van der Waals surface area contributed by atoms with Gasteiger partial charge in [0.25, 0.3) is 0 Å². The summed E-state index contributed by atoms with van der Waals surface area (Å²) in [5, 5.41) is 14.1. The van der Waals surface area contributed by atoms with Gasteiger partial charge in [-0.2, -0.15) is 0 Å². The van der Waals surface area contributed by atoms with Crippen molar-refractivity contribution in [1.82, 2.24) is 4.98 Å². The van der Waals surface area contributed by atoms with Crippen LogP contribution in [-0.4, -0.2) is 38.3 Å². The lowest BCUT2D eigenvalue weighted by Crippen LogP contribution is -2.19. The molecule has 0 aliphatic rings. The highest BCUT2D eigenvalue weighted by Gasteiger charge is 2.12. The summed E-state index contributed by atoms with van der Waals surface area (Å²) in [6.45, 7) is 1.97. The number of carbonyl (C=O) groups is 1. The van der Waals surface area contributed by atoms with E-state index >= 15 is 0 Å². The van der Waals surface area contributed by atoms with Crippen LogP contribution >= 0.6 is 0 Å². The molecule has 0 saturated heterocycles. The van der Waals surface area contributed by atoms with Crippen molar-refractivity contribution < 1.29 is 14.1 Å². The topological polar surface area (TPSA) is 79.3 Å². The maximum Gasteiger partial charge on any atom is 0.354 e. The maximum atomic E-state index is 11.2. The van der Waals surface area contributed by atoms with E-state index < -0.39 is 16.8 Å². The third-order valence-corrected chi connectivity index (χ3v) is 3.99. The number of anilines is 1. The smallest absolute Gasteiger partial charge is 0.354 e. The lowest BCUT2D eigenvalue weighted by Gasteiger charge is -2.16. The molecule has 0 aliphatic heterocycles. The predicted octanol–water partition coefficient (Wildman–Crippen LogP) is 2.50. The summed E-state index contributed by atoms with van der Waals surface area (Å²) in [5.41, 5.74) is 0.0162. The van der Waals surface area contributed by atoms with Crippen molar-refractivity contribution in [2.75, 3.05) is 17.3 Å². The van der Waals surface area contributed by atoms with E-state index in [0.29, 0.717) is 11.6 Å². The molecule has 1 heterocycles.